The van der Waals surface area contributed by atoms with Gasteiger partial charge in [-0.2, -0.15) is 0 Å². The van der Waals surface area contributed by atoms with E-state index in [4.69, 9.17) is 20.9 Å². The van der Waals surface area contributed by atoms with Crippen LogP contribution < -0.4 is 0 Å². The van der Waals surface area contributed by atoms with E-state index in [1.165, 1.54) is 0 Å². The lowest BCUT2D eigenvalue weighted by atomic mass is 9.84. The van der Waals surface area contributed by atoms with Crippen molar-refractivity contribution >= 4 is 30.7 Å². The molecule has 1 aliphatic rings. The van der Waals surface area contributed by atoms with Crippen LogP contribution in [0, 0.1) is 0 Å². The average Bonchev–Trinajstić information content (AvgIpc) is 2.31. The Bertz CT molecular complexity index is 318. The van der Waals surface area contributed by atoms with Gasteiger partial charge in [0.25, 0.3) is 0 Å². The smallest absolute Gasteiger partial charge is 0.498 e. The van der Waals surface area contributed by atoms with E-state index in [1.807, 2.05) is 12.2 Å². The predicted molar refractivity (Wildman–Crippen MR) is 74.0 cm³/mol. The molecular formula is C12H19BClNO4. The minimum atomic E-state index is -0.807. The first kappa shape index (κ1) is 16.1. The molecule has 7 heteroatoms. The summed E-state index contributed by atoms with van der Waals surface area (Å²) in [5, 5.41) is 0. The van der Waals surface area contributed by atoms with E-state index in [1.54, 1.807) is 11.9 Å². The summed E-state index contributed by atoms with van der Waals surface area (Å²) in [5.74, 6) is -0.0924. The van der Waals surface area contributed by atoms with Crippen LogP contribution in [0.5, 0.6) is 0 Å². The minimum absolute atomic E-state index is 0.102. The fourth-order valence-corrected chi connectivity index (χ4v) is 1.86. The standard InChI is InChI=1S/C12H19BClNO4/c1-15-9-11(16)18-13(19-12(17)10-15)7-5-3-2-4-6-8-14/h3,5H,2,4,6-10H2,1H3. The van der Waals surface area contributed by atoms with Gasteiger partial charge in [-0.3, -0.25) is 14.5 Å². The van der Waals surface area contributed by atoms with Crippen molar-refractivity contribution in [1.29, 1.82) is 0 Å². The first-order valence-corrected chi connectivity index (χ1v) is 6.93. The van der Waals surface area contributed by atoms with Gasteiger partial charge in [-0.1, -0.05) is 12.2 Å². The molecule has 0 aromatic rings. The first-order chi connectivity index (χ1) is 9.11. The summed E-state index contributed by atoms with van der Waals surface area (Å²) in [6, 6.07) is 0. The summed E-state index contributed by atoms with van der Waals surface area (Å²) in [4.78, 5) is 24.4. The molecule has 0 unspecified atom stereocenters. The van der Waals surface area contributed by atoms with E-state index in [0.29, 0.717) is 12.2 Å². The number of halogens is 1. The topological polar surface area (TPSA) is 55.8 Å². The van der Waals surface area contributed by atoms with Gasteiger partial charge < -0.3 is 9.31 Å². The van der Waals surface area contributed by atoms with Crippen molar-refractivity contribution in [3.05, 3.63) is 12.2 Å². The number of nitrogens with zero attached hydrogens (tertiary/aromatic N) is 1. The third-order valence-electron chi connectivity index (χ3n) is 2.57. The Morgan fingerprint density at radius 3 is 2.42 bits per heavy atom. The molecule has 0 N–H and O–H groups in total. The zero-order chi connectivity index (χ0) is 14.1. The molecule has 19 heavy (non-hydrogen) atoms. The van der Waals surface area contributed by atoms with Crippen molar-refractivity contribution in [3.63, 3.8) is 0 Å². The summed E-state index contributed by atoms with van der Waals surface area (Å²) < 4.78 is 10.1. The summed E-state index contributed by atoms with van der Waals surface area (Å²) in [7, 11) is 0.859. The monoisotopic (exact) mass is 287 g/mol. The summed E-state index contributed by atoms with van der Waals surface area (Å²) in [6.45, 7) is 0.204. The van der Waals surface area contributed by atoms with Gasteiger partial charge in [0.15, 0.2) is 0 Å². The molecule has 1 saturated heterocycles. The lowest BCUT2D eigenvalue weighted by molar-refractivity contribution is -0.145. The molecule has 106 valence electrons. The normalized spacial score (nSPS) is 18.1. The lowest BCUT2D eigenvalue weighted by Crippen LogP contribution is -2.42. The highest BCUT2D eigenvalue weighted by Gasteiger charge is 2.30. The highest BCUT2D eigenvalue weighted by Crippen LogP contribution is 2.06. The Hall–Kier alpha value is -1.01. The summed E-state index contributed by atoms with van der Waals surface area (Å²) in [5.41, 5.74) is 0. The largest absolute Gasteiger partial charge is 0.602 e. The molecular weight excluding hydrogens is 268 g/mol. The molecule has 1 fully saturated rings. The lowest BCUT2D eigenvalue weighted by Gasteiger charge is -2.21. The van der Waals surface area contributed by atoms with Crippen LogP contribution in [0.25, 0.3) is 0 Å². The predicted octanol–water partition coefficient (Wildman–Crippen LogP) is 1.47. The van der Waals surface area contributed by atoms with E-state index in [0.717, 1.165) is 19.3 Å². The molecule has 0 saturated carbocycles. The van der Waals surface area contributed by atoms with Gasteiger partial charge in [0, 0.05) is 12.2 Å². The molecule has 0 bridgehead atoms. The molecule has 0 spiro atoms. The Labute approximate surface area is 119 Å². The van der Waals surface area contributed by atoms with Crippen LogP contribution in [0.4, 0.5) is 0 Å². The highest BCUT2D eigenvalue weighted by molar-refractivity contribution is 6.49. The number of rotatable bonds is 6. The number of alkyl halides is 1. The maximum absolute atomic E-state index is 11.4. The van der Waals surface area contributed by atoms with Gasteiger partial charge >= 0.3 is 19.1 Å². The third-order valence-corrected chi connectivity index (χ3v) is 2.84. The van der Waals surface area contributed by atoms with Crippen LogP contribution in [0.2, 0.25) is 6.32 Å². The number of likely N-dealkylation sites (N-methyl/N-ethyl adjacent to an activating group) is 1. The quantitative estimate of drug-likeness (QED) is 0.320. The van der Waals surface area contributed by atoms with Crippen LogP contribution in [0.3, 0.4) is 0 Å². The molecule has 0 aromatic heterocycles. The number of hydrogen-bond donors (Lipinski definition) is 0. The third kappa shape index (κ3) is 7.23. The maximum atomic E-state index is 11.4. The molecule has 0 aromatic carbocycles. The second-order valence-electron chi connectivity index (χ2n) is 4.47. The SMILES string of the molecule is CN1CC(=O)OB(CC=CCCCCCl)OC(=O)C1. The number of unbranched alkanes of at least 4 members (excludes halogenated alkanes) is 2. The van der Waals surface area contributed by atoms with Crippen molar-refractivity contribution in [2.24, 2.45) is 0 Å². The van der Waals surface area contributed by atoms with Crippen LogP contribution in [-0.2, 0) is 18.9 Å². The van der Waals surface area contributed by atoms with E-state index >= 15 is 0 Å². The molecule has 1 aliphatic heterocycles. The van der Waals surface area contributed by atoms with Crippen molar-refractivity contribution in [3.8, 4) is 0 Å². The molecule has 0 amide bonds. The van der Waals surface area contributed by atoms with Gasteiger partial charge in [-0.05, 0) is 26.3 Å². The fourth-order valence-electron chi connectivity index (χ4n) is 1.67. The Morgan fingerprint density at radius 1 is 1.21 bits per heavy atom. The molecule has 1 heterocycles. The zero-order valence-corrected chi connectivity index (χ0v) is 11.9. The highest BCUT2D eigenvalue weighted by atomic mass is 35.5. The van der Waals surface area contributed by atoms with E-state index in [9.17, 15) is 9.59 Å². The van der Waals surface area contributed by atoms with E-state index in [2.05, 4.69) is 0 Å². The zero-order valence-electron chi connectivity index (χ0n) is 11.1. The summed E-state index contributed by atoms with van der Waals surface area (Å²) >= 11 is 5.57. The van der Waals surface area contributed by atoms with Gasteiger partial charge in [-0.15, -0.1) is 11.6 Å². The molecule has 0 radical (unpaired) electrons. The average molecular weight is 288 g/mol. The van der Waals surface area contributed by atoms with Gasteiger partial charge in [0.2, 0.25) is 0 Å². The van der Waals surface area contributed by atoms with Crippen LogP contribution in [-0.4, -0.2) is 50.0 Å². The number of carbonyl (C=O) groups is 2. The number of carbonyl (C=O) groups excluding carboxylic acids is 2. The second kappa shape index (κ2) is 8.99. The molecule has 1 rings (SSSR count). The van der Waals surface area contributed by atoms with Gasteiger partial charge in [0.1, 0.15) is 0 Å². The van der Waals surface area contributed by atoms with Crippen molar-refractivity contribution in [1.82, 2.24) is 4.90 Å². The van der Waals surface area contributed by atoms with Crippen LogP contribution in [0.1, 0.15) is 19.3 Å². The maximum Gasteiger partial charge on any atom is 0.602 e. The Morgan fingerprint density at radius 2 is 1.84 bits per heavy atom. The van der Waals surface area contributed by atoms with Crippen molar-refractivity contribution in [2.45, 2.75) is 25.6 Å². The molecule has 0 atom stereocenters. The van der Waals surface area contributed by atoms with E-state index in [-0.39, 0.29) is 25.0 Å². The van der Waals surface area contributed by atoms with Crippen LogP contribution in [0.15, 0.2) is 12.2 Å². The van der Waals surface area contributed by atoms with Crippen molar-refractivity contribution in [2.75, 3.05) is 26.0 Å². The Balaban J connectivity index is 2.34. The second-order valence-corrected chi connectivity index (χ2v) is 4.85. The summed E-state index contributed by atoms with van der Waals surface area (Å²) in [6.07, 6.45) is 7.16. The number of allylic oxidation sites excluding steroid dienone is 2. The number of hydrogen-bond acceptors (Lipinski definition) is 5. The minimum Gasteiger partial charge on any atom is -0.498 e. The van der Waals surface area contributed by atoms with Gasteiger partial charge in [-0.25, -0.2) is 0 Å². The van der Waals surface area contributed by atoms with Gasteiger partial charge in [0.05, 0.1) is 13.1 Å². The van der Waals surface area contributed by atoms with Crippen molar-refractivity contribution < 1.29 is 18.9 Å². The van der Waals surface area contributed by atoms with Crippen LogP contribution >= 0.6 is 11.6 Å². The first-order valence-electron chi connectivity index (χ1n) is 6.40. The Kier molecular flexibility index (Phi) is 7.59. The molecule has 5 nitrogen and oxygen atoms in total. The molecule has 0 aliphatic carbocycles. The fraction of sp³-hybridized carbons (Fsp3) is 0.667. The van der Waals surface area contributed by atoms with E-state index < -0.39 is 7.12 Å².